The molecule has 5 rings (SSSR count). The molecule has 4 aromatic rings. The quantitative estimate of drug-likeness (QED) is 0.162. The third-order valence-electron chi connectivity index (χ3n) is 8.52. The summed E-state index contributed by atoms with van der Waals surface area (Å²) < 4.78 is 30.3. The molecule has 0 aliphatic heterocycles. The Morgan fingerprint density at radius 2 is 1.51 bits per heavy atom. The molecule has 1 N–H and O–H groups in total. The van der Waals surface area contributed by atoms with E-state index < -0.39 is 28.5 Å². The van der Waals surface area contributed by atoms with Gasteiger partial charge in [0.15, 0.2) is 0 Å². The molecular formula is C37H39BrClN3O4S. The molecule has 246 valence electrons. The van der Waals surface area contributed by atoms with Crippen molar-refractivity contribution >= 4 is 55.1 Å². The van der Waals surface area contributed by atoms with Crippen LogP contribution in [0, 0.1) is 6.92 Å². The van der Waals surface area contributed by atoms with Crippen molar-refractivity contribution in [3.63, 3.8) is 0 Å². The lowest BCUT2D eigenvalue weighted by molar-refractivity contribution is -0.140. The molecule has 1 aliphatic carbocycles. The Bertz CT molecular complexity index is 1760. The molecule has 10 heteroatoms. The van der Waals surface area contributed by atoms with Crippen LogP contribution in [0.3, 0.4) is 0 Å². The van der Waals surface area contributed by atoms with E-state index >= 15 is 0 Å². The third kappa shape index (κ3) is 9.03. The van der Waals surface area contributed by atoms with E-state index in [1.807, 2.05) is 49.4 Å². The van der Waals surface area contributed by atoms with Crippen LogP contribution in [0.1, 0.15) is 48.8 Å². The lowest BCUT2D eigenvalue weighted by atomic mass is 9.94. The van der Waals surface area contributed by atoms with Crippen LogP contribution in [0.5, 0.6) is 0 Å². The van der Waals surface area contributed by atoms with Crippen LogP contribution < -0.4 is 9.62 Å². The average Bonchev–Trinajstić information content (AvgIpc) is 3.07. The van der Waals surface area contributed by atoms with Crippen molar-refractivity contribution in [2.75, 3.05) is 10.8 Å². The number of carbonyl (C=O) groups excluding carboxylic acids is 2. The number of benzene rings is 4. The molecule has 1 saturated carbocycles. The number of sulfonamides is 1. The molecule has 4 aromatic carbocycles. The van der Waals surface area contributed by atoms with Gasteiger partial charge in [-0.05, 0) is 73.4 Å². The van der Waals surface area contributed by atoms with Crippen molar-refractivity contribution in [1.29, 1.82) is 0 Å². The van der Waals surface area contributed by atoms with Crippen molar-refractivity contribution in [3.8, 4) is 0 Å². The monoisotopic (exact) mass is 735 g/mol. The number of carbonyl (C=O) groups is 2. The Kier molecular flexibility index (Phi) is 11.8. The van der Waals surface area contributed by atoms with Gasteiger partial charge in [0.2, 0.25) is 11.8 Å². The molecule has 0 saturated heterocycles. The van der Waals surface area contributed by atoms with E-state index in [9.17, 15) is 18.0 Å². The highest BCUT2D eigenvalue weighted by molar-refractivity contribution is 9.10. The van der Waals surface area contributed by atoms with Crippen molar-refractivity contribution in [3.05, 3.63) is 129 Å². The smallest absolute Gasteiger partial charge is 0.264 e. The van der Waals surface area contributed by atoms with Crippen LogP contribution in [0.4, 0.5) is 5.69 Å². The van der Waals surface area contributed by atoms with E-state index in [0.29, 0.717) is 16.3 Å². The molecule has 0 aromatic heterocycles. The number of hydrogen-bond acceptors (Lipinski definition) is 4. The summed E-state index contributed by atoms with van der Waals surface area (Å²) in [6.45, 7) is 1.38. The first-order valence-corrected chi connectivity index (χ1v) is 18.4. The molecule has 0 bridgehead atoms. The van der Waals surface area contributed by atoms with Gasteiger partial charge < -0.3 is 10.2 Å². The first-order chi connectivity index (χ1) is 22.6. The summed E-state index contributed by atoms with van der Waals surface area (Å²) in [5.41, 5.74) is 2.77. The topological polar surface area (TPSA) is 86.8 Å². The maximum Gasteiger partial charge on any atom is 0.264 e. The number of hydrogen-bond donors (Lipinski definition) is 1. The molecule has 1 aliphatic rings. The molecule has 0 heterocycles. The molecule has 2 amide bonds. The minimum atomic E-state index is -4.18. The van der Waals surface area contributed by atoms with Gasteiger partial charge in [-0.15, -0.1) is 0 Å². The Morgan fingerprint density at radius 3 is 2.17 bits per heavy atom. The summed E-state index contributed by atoms with van der Waals surface area (Å²) in [5, 5.41) is 3.68. The van der Waals surface area contributed by atoms with Crippen molar-refractivity contribution in [2.24, 2.45) is 0 Å². The summed E-state index contributed by atoms with van der Waals surface area (Å²) in [5.74, 6) is -0.791. The SMILES string of the molecule is Cc1ccc(S(=O)(=O)N(CC(=O)N(Cc2ccccc2Cl)[C@H](Cc2ccccc2)C(=O)NC2CCCCC2)c2ccc(Br)cc2)cc1. The van der Waals surface area contributed by atoms with Crippen molar-refractivity contribution < 1.29 is 18.0 Å². The van der Waals surface area contributed by atoms with Crippen LogP contribution in [0.15, 0.2) is 112 Å². The van der Waals surface area contributed by atoms with Gasteiger partial charge in [-0.2, -0.15) is 0 Å². The fraction of sp³-hybridized carbons (Fsp3) is 0.297. The lowest BCUT2D eigenvalue weighted by Crippen LogP contribution is -2.55. The van der Waals surface area contributed by atoms with Gasteiger partial charge in [-0.1, -0.05) is 113 Å². The minimum Gasteiger partial charge on any atom is -0.352 e. The summed E-state index contributed by atoms with van der Waals surface area (Å²) in [6, 6.07) is 29.1. The Morgan fingerprint density at radius 1 is 0.872 bits per heavy atom. The van der Waals surface area contributed by atoms with Gasteiger partial charge in [0.05, 0.1) is 10.6 Å². The number of aryl methyl sites for hydroxylation is 1. The molecule has 47 heavy (non-hydrogen) atoms. The summed E-state index contributed by atoms with van der Waals surface area (Å²) in [6.07, 6.45) is 5.23. The number of halogens is 2. The first kappa shape index (κ1) is 34.7. The van der Waals surface area contributed by atoms with Crippen LogP contribution in [0.2, 0.25) is 5.02 Å². The van der Waals surface area contributed by atoms with Gasteiger partial charge in [0.25, 0.3) is 10.0 Å². The van der Waals surface area contributed by atoms with Gasteiger partial charge >= 0.3 is 0 Å². The fourth-order valence-corrected chi connectivity index (χ4v) is 7.76. The second-order valence-corrected chi connectivity index (χ2v) is 15.1. The average molecular weight is 737 g/mol. The second kappa shape index (κ2) is 16.0. The zero-order chi connectivity index (χ0) is 33.4. The van der Waals surface area contributed by atoms with Gasteiger partial charge in [0.1, 0.15) is 12.6 Å². The normalized spacial score (nSPS) is 14.3. The van der Waals surface area contributed by atoms with E-state index in [0.717, 1.165) is 52.0 Å². The standard InChI is InChI=1S/C37H39BrClN3O4S/c1-27-16-22-33(23-17-27)47(45,46)42(32-20-18-30(38)19-21-32)26-36(43)41(25-29-12-8-9-15-34(29)39)35(24-28-10-4-2-5-11-28)37(44)40-31-13-6-3-7-14-31/h2,4-5,8-12,15-23,31,35H,3,6-7,13-14,24-26H2,1H3,(H,40,44)/t35-/m1/s1. The van der Waals surface area contributed by atoms with E-state index in [-0.39, 0.29) is 29.8 Å². The number of nitrogens with zero attached hydrogens (tertiary/aromatic N) is 2. The molecule has 0 radical (unpaired) electrons. The van der Waals surface area contributed by atoms with Gasteiger partial charge in [-0.3, -0.25) is 13.9 Å². The molecule has 1 fully saturated rings. The molecular weight excluding hydrogens is 698 g/mol. The van der Waals surface area contributed by atoms with E-state index in [2.05, 4.69) is 21.2 Å². The molecule has 1 atom stereocenters. The van der Waals surface area contributed by atoms with Crippen LogP contribution in [-0.2, 0) is 32.6 Å². The highest BCUT2D eigenvalue weighted by Gasteiger charge is 2.35. The highest BCUT2D eigenvalue weighted by Crippen LogP contribution is 2.28. The molecule has 0 unspecified atom stereocenters. The Hall–Kier alpha value is -3.66. The highest BCUT2D eigenvalue weighted by atomic mass is 79.9. The van der Waals surface area contributed by atoms with Crippen molar-refractivity contribution in [2.45, 2.75) is 69.0 Å². The summed E-state index contributed by atoms with van der Waals surface area (Å²) >= 11 is 10.0. The second-order valence-electron chi connectivity index (χ2n) is 12.0. The maximum absolute atomic E-state index is 14.7. The summed E-state index contributed by atoms with van der Waals surface area (Å²) in [7, 11) is -4.18. The molecule has 0 spiro atoms. The molecule has 7 nitrogen and oxygen atoms in total. The fourth-order valence-electron chi connectivity index (χ4n) is 5.88. The lowest BCUT2D eigenvalue weighted by Gasteiger charge is -2.35. The minimum absolute atomic E-state index is 0.0207. The Balaban J connectivity index is 1.56. The van der Waals surface area contributed by atoms with Crippen LogP contribution in [-0.4, -0.2) is 43.8 Å². The van der Waals surface area contributed by atoms with Crippen LogP contribution in [0.25, 0.3) is 0 Å². The van der Waals surface area contributed by atoms with Crippen molar-refractivity contribution in [1.82, 2.24) is 10.2 Å². The number of anilines is 1. The van der Waals surface area contributed by atoms with E-state index in [4.69, 9.17) is 11.6 Å². The van der Waals surface area contributed by atoms with E-state index in [1.54, 1.807) is 60.7 Å². The Labute approximate surface area is 291 Å². The predicted octanol–water partition coefficient (Wildman–Crippen LogP) is 7.70. The summed E-state index contributed by atoms with van der Waals surface area (Å²) in [4.78, 5) is 30.4. The third-order valence-corrected chi connectivity index (χ3v) is 11.2. The van der Waals surface area contributed by atoms with Crippen LogP contribution >= 0.6 is 27.5 Å². The zero-order valence-electron chi connectivity index (χ0n) is 26.3. The largest absolute Gasteiger partial charge is 0.352 e. The maximum atomic E-state index is 14.7. The number of nitrogens with one attached hydrogen (secondary N) is 1. The van der Waals surface area contributed by atoms with Gasteiger partial charge in [0, 0.05) is 28.5 Å². The number of amides is 2. The van der Waals surface area contributed by atoms with E-state index in [1.165, 1.54) is 4.90 Å². The predicted molar refractivity (Wildman–Crippen MR) is 191 cm³/mol. The number of rotatable bonds is 12. The first-order valence-electron chi connectivity index (χ1n) is 15.8. The van der Waals surface area contributed by atoms with Gasteiger partial charge in [-0.25, -0.2) is 8.42 Å². The zero-order valence-corrected chi connectivity index (χ0v) is 29.5.